The molecule has 0 aliphatic carbocycles. The van der Waals surface area contributed by atoms with Crippen molar-refractivity contribution in [1.82, 2.24) is 5.32 Å². The monoisotopic (exact) mass is 334 g/mol. The predicted octanol–water partition coefficient (Wildman–Crippen LogP) is 3.55. The highest BCUT2D eigenvalue weighted by atomic mass is 35.5. The van der Waals surface area contributed by atoms with Crippen molar-refractivity contribution in [1.29, 1.82) is 0 Å². The van der Waals surface area contributed by atoms with Crippen molar-refractivity contribution in [2.24, 2.45) is 0 Å². The number of halogens is 1. The van der Waals surface area contributed by atoms with E-state index in [4.69, 9.17) is 16.3 Å². The highest BCUT2D eigenvalue weighted by Gasteiger charge is 2.11. The van der Waals surface area contributed by atoms with E-state index in [0.29, 0.717) is 29.6 Å². The Hall–Kier alpha value is -2.24. The molecule has 0 aliphatic rings. The number of nitrogens with one attached hydrogen (secondary N) is 2. The Morgan fingerprint density at radius 1 is 1.17 bits per heavy atom. The maximum atomic E-state index is 12.1. The Morgan fingerprint density at radius 3 is 2.61 bits per heavy atom. The zero-order chi connectivity index (χ0) is 16.7. The first-order chi connectivity index (χ1) is 11.2. The molecule has 0 aliphatic heterocycles. The van der Waals surface area contributed by atoms with Gasteiger partial charge in [0.2, 0.25) is 0 Å². The van der Waals surface area contributed by atoms with Crippen LogP contribution in [-0.4, -0.2) is 17.7 Å². The highest BCUT2D eigenvalue weighted by molar-refractivity contribution is 6.32. The molecule has 0 saturated carbocycles. The topological polar surface area (TPSA) is 70.6 Å². The molecule has 0 heterocycles. The number of urea groups is 1. The average molecular weight is 335 g/mol. The van der Waals surface area contributed by atoms with Gasteiger partial charge in [0, 0.05) is 6.54 Å². The second kappa shape index (κ2) is 8.41. The van der Waals surface area contributed by atoms with Gasteiger partial charge in [0.05, 0.1) is 23.9 Å². The van der Waals surface area contributed by atoms with Crippen LogP contribution in [0.15, 0.2) is 42.5 Å². The number of anilines is 1. The number of hydrogen-bond acceptors (Lipinski definition) is 3. The van der Waals surface area contributed by atoms with Gasteiger partial charge in [0.25, 0.3) is 0 Å². The van der Waals surface area contributed by atoms with E-state index in [-0.39, 0.29) is 12.6 Å². The van der Waals surface area contributed by atoms with Crippen LogP contribution in [-0.2, 0) is 13.2 Å². The van der Waals surface area contributed by atoms with Gasteiger partial charge in [-0.25, -0.2) is 4.79 Å². The van der Waals surface area contributed by atoms with Crippen molar-refractivity contribution in [3.63, 3.8) is 0 Å². The fourth-order valence-corrected chi connectivity index (χ4v) is 2.35. The molecule has 0 radical (unpaired) electrons. The molecule has 0 saturated heterocycles. The number of benzene rings is 2. The number of amides is 2. The number of ether oxygens (including phenoxy) is 1. The highest BCUT2D eigenvalue weighted by Crippen LogP contribution is 2.32. The quantitative estimate of drug-likeness (QED) is 0.756. The maximum absolute atomic E-state index is 12.1. The second-order valence-corrected chi connectivity index (χ2v) is 5.19. The number of carbonyl (C=O) groups excluding carboxylic acids is 1. The maximum Gasteiger partial charge on any atom is 0.319 e. The van der Waals surface area contributed by atoms with Crippen molar-refractivity contribution < 1.29 is 14.6 Å². The van der Waals surface area contributed by atoms with Gasteiger partial charge >= 0.3 is 6.03 Å². The summed E-state index contributed by atoms with van der Waals surface area (Å²) in [6.45, 7) is 2.54. The Bertz CT molecular complexity index is 677. The van der Waals surface area contributed by atoms with E-state index < -0.39 is 0 Å². The third kappa shape index (κ3) is 4.61. The number of hydrogen-bond donors (Lipinski definition) is 3. The molecule has 122 valence electrons. The summed E-state index contributed by atoms with van der Waals surface area (Å²) >= 11 is 6.08. The van der Waals surface area contributed by atoms with E-state index in [1.54, 1.807) is 18.2 Å². The van der Waals surface area contributed by atoms with Crippen molar-refractivity contribution in [2.45, 2.75) is 20.1 Å². The van der Waals surface area contributed by atoms with Crippen molar-refractivity contribution in [3.8, 4) is 5.75 Å². The minimum atomic E-state index is -0.374. The van der Waals surface area contributed by atoms with Crippen LogP contribution in [0.1, 0.15) is 18.1 Å². The lowest BCUT2D eigenvalue weighted by Gasteiger charge is -2.14. The predicted molar refractivity (Wildman–Crippen MR) is 90.8 cm³/mol. The van der Waals surface area contributed by atoms with E-state index in [1.165, 1.54) is 0 Å². The molecule has 0 atom stereocenters. The number of para-hydroxylation sites is 1. The SMILES string of the molecule is CCOc1c(Cl)cccc1NC(=O)NCc1ccccc1CO. The molecule has 0 bridgehead atoms. The fraction of sp³-hybridized carbons (Fsp3) is 0.235. The van der Waals surface area contributed by atoms with Crippen LogP contribution in [0.4, 0.5) is 10.5 Å². The molecule has 6 heteroatoms. The first kappa shape index (κ1) is 17.1. The molecule has 23 heavy (non-hydrogen) atoms. The molecular formula is C17H19ClN2O3. The molecule has 0 fully saturated rings. The van der Waals surface area contributed by atoms with Crippen molar-refractivity contribution in [3.05, 3.63) is 58.6 Å². The smallest absolute Gasteiger partial charge is 0.319 e. The van der Waals surface area contributed by atoms with Gasteiger partial charge in [-0.15, -0.1) is 0 Å². The Morgan fingerprint density at radius 2 is 1.91 bits per heavy atom. The first-order valence-electron chi connectivity index (χ1n) is 7.29. The van der Waals surface area contributed by atoms with Gasteiger partial charge in [0.1, 0.15) is 0 Å². The number of rotatable bonds is 6. The Balaban J connectivity index is 2.01. The molecule has 0 aromatic heterocycles. The summed E-state index contributed by atoms with van der Waals surface area (Å²) in [6, 6.07) is 12.2. The van der Waals surface area contributed by atoms with Crippen LogP contribution in [0, 0.1) is 0 Å². The second-order valence-electron chi connectivity index (χ2n) is 4.78. The Kier molecular flexibility index (Phi) is 6.26. The number of aliphatic hydroxyl groups is 1. The fourth-order valence-electron chi connectivity index (χ4n) is 2.12. The van der Waals surface area contributed by atoms with E-state index in [9.17, 15) is 9.90 Å². The van der Waals surface area contributed by atoms with Crippen LogP contribution in [0.3, 0.4) is 0 Å². The Labute approximate surface area is 140 Å². The molecule has 0 spiro atoms. The van der Waals surface area contributed by atoms with Crippen LogP contribution in [0.25, 0.3) is 0 Å². The van der Waals surface area contributed by atoms with Crippen LogP contribution < -0.4 is 15.4 Å². The van der Waals surface area contributed by atoms with Gasteiger partial charge in [-0.3, -0.25) is 0 Å². The summed E-state index contributed by atoms with van der Waals surface area (Å²) in [5.41, 5.74) is 2.15. The average Bonchev–Trinajstić information content (AvgIpc) is 2.56. The summed E-state index contributed by atoms with van der Waals surface area (Å²) in [5, 5.41) is 15.2. The molecule has 3 N–H and O–H groups in total. The van der Waals surface area contributed by atoms with E-state index >= 15 is 0 Å². The van der Waals surface area contributed by atoms with Crippen molar-refractivity contribution in [2.75, 3.05) is 11.9 Å². The lowest BCUT2D eigenvalue weighted by molar-refractivity contribution is 0.251. The van der Waals surface area contributed by atoms with Crippen LogP contribution in [0.5, 0.6) is 5.75 Å². The lowest BCUT2D eigenvalue weighted by atomic mass is 10.1. The molecule has 5 nitrogen and oxygen atoms in total. The largest absolute Gasteiger partial charge is 0.490 e. The van der Waals surface area contributed by atoms with Gasteiger partial charge < -0.3 is 20.5 Å². The summed E-state index contributed by atoms with van der Waals surface area (Å²) in [5.74, 6) is 0.447. The normalized spacial score (nSPS) is 10.2. The minimum absolute atomic E-state index is 0.0672. The molecule has 2 rings (SSSR count). The van der Waals surface area contributed by atoms with E-state index in [0.717, 1.165) is 11.1 Å². The summed E-state index contributed by atoms with van der Waals surface area (Å²) in [6.07, 6.45) is 0. The van der Waals surface area contributed by atoms with E-state index in [1.807, 2.05) is 31.2 Å². The molecular weight excluding hydrogens is 316 g/mol. The van der Waals surface area contributed by atoms with Crippen LogP contribution >= 0.6 is 11.6 Å². The summed E-state index contributed by atoms with van der Waals surface area (Å²) in [4.78, 5) is 12.1. The molecule has 0 unspecified atom stereocenters. The third-order valence-corrected chi connectivity index (χ3v) is 3.53. The van der Waals surface area contributed by atoms with E-state index in [2.05, 4.69) is 10.6 Å². The summed E-state index contributed by atoms with van der Waals surface area (Å²) < 4.78 is 5.46. The molecule has 2 aromatic rings. The summed E-state index contributed by atoms with van der Waals surface area (Å²) in [7, 11) is 0. The number of aliphatic hydroxyl groups excluding tert-OH is 1. The molecule has 2 aromatic carbocycles. The van der Waals surface area contributed by atoms with Gasteiger partial charge in [-0.1, -0.05) is 41.9 Å². The zero-order valence-electron chi connectivity index (χ0n) is 12.8. The van der Waals surface area contributed by atoms with Gasteiger partial charge in [0.15, 0.2) is 5.75 Å². The first-order valence-corrected chi connectivity index (χ1v) is 7.67. The third-order valence-electron chi connectivity index (χ3n) is 3.23. The lowest BCUT2D eigenvalue weighted by Crippen LogP contribution is -2.28. The van der Waals surface area contributed by atoms with Gasteiger partial charge in [-0.2, -0.15) is 0 Å². The van der Waals surface area contributed by atoms with Gasteiger partial charge in [-0.05, 0) is 30.2 Å². The molecule has 2 amide bonds. The zero-order valence-corrected chi connectivity index (χ0v) is 13.6. The number of carbonyl (C=O) groups is 1. The van der Waals surface area contributed by atoms with Crippen molar-refractivity contribution >= 4 is 23.3 Å². The minimum Gasteiger partial charge on any atom is -0.490 e. The standard InChI is InChI=1S/C17H19ClN2O3/c1-2-23-16-14(18)8-5-9-15(16)20-17(22)19-10-12-6-3-4-7-13(12)11-21/h3-9,21H,2,10-11H2,1H3,(H2,19,20,22). The van der Waals surface area contributed by atoms with Crippen LogP contribution in [0.2, 0.25) is 5.02 Å².